The zero-order chi connectivity index (χ0) is 13.1. The van der Waals surface area contributed by atoms with E-state index in [0.717, 1.165) is 25.7 Å². The van der Waals surface area contributed by atoms with Crippen molar-refractivity contribution in [1.82, 2.24) is 0 Å². The molecule has 108 valence electrons. The van der Waals surface area contributed by atoms with Crippen molar-refractivity contribution >= 4 is 0 Å². The predicted octanol–water partition coefficient (Wildman–Crippen LogP) is 4.57. The van der Waals surface area contributed by atoms with E-state index in [1.807, 2.05) is 0 Å². The largest absolute Gasteiger partial charge is 0.379 e. The van der Waals surface area contributed by atoms with E-state index >= 15 is 0 Å². The Morgan fingerprint density at radius 2 is 1.50 bits per heavy atom. The number of ether oxygens (including phenoxy) is 2. The third-order valence-corrected chi connectivity index (χ3v) is 3.53. The second-order valence-electron chi connectivity index (χ2n) is 6.04. The number of hydrogen-bond donors (Lipinski definition) is 0. The summed E-state index contributed by atoms with van der Waals surface area (Å²) in [7, 11) is 0. The molecule has 0 bridgehead atoms. The molecular weight excluding hydrogens is 224 g/mol. The van der Waals surface area contributed by atoms with Gasteiger partial charge in [0.25, 0.3) is 0 Å². The van der Waals surface area contributed by atoms with Gasteiger partial charge in [0.15, 0.2) is 0 Å². The fraction of sp³-hybridized carbons (Fsp3) is 1.00. The van der Waals surface area contributed by atoms with Gasteiger partial charge in [0.1, 0.15) is 6.10 Å². The van der Waals surface area contributed by atoms with Gasteiger partial charge in [-0.1, -0.05) is 65.2 Å². The minimum atomic E-state index is 0.427. The second-order valence-corrected chi connectivity index (χ2v) is 6.04. The summed E-state index contributed by atoms with van der Waals surface area (Å²) in [6.07, 6.45) is 12.9. The normalized spacial score (nSPS) is 18.5. The van der Waals surface area contributed by atoms with Crippen LogP contribution in [0.4, 0.5) is 0 Å². The minimum Gasteiger partial charge on any atom is -0.379 e. The van der Waals surface area contributed by atoms with Gasteiger partial charge in [-0.25, -0.2) is 0 Å². The lowest BCUT2D eigenvalue weighted by atomic mass is 10.0. The maximum absolute atomic E-state index is 5.51. The minimum absolute atomic E-state index is 0.427. The molecule has 0 N–H and O–H groups in total. The van der Waals surface area contributed by atoms with Crippen molar-refractivity contribution in [2.24, 2.45) is 5.92 Å². The van der Waals surface area contributed by atoms with Crippen molar-refractivity contribution in [2.45, 2.75) is 77.7 Å². The van der Waals surface area contributed by atoms with Crippen LogP contribution in [0.15, 0.2) is 0 Å². The fourth-order valence-corrected chi connectivity index (χ4v) is 2.20. The number of unbranched alkanes of at least 4 members (excludes halogenated alkanes) is 7. The van der Waals surface area contributed by atoms with Crippen molar-refractivity contribution in [2.75, 3.05) is 19.8 Å². The Labute approximate surface area is 113 Å². The molecule has 0 aliphatic carbocycles. The summed E-state index contributed by atoms with van der Waals surface area (Å²) in [6.45, 7) is 7.29. The SMILES string of the molecule is CC(C)CCCCCCCCCCOCC1CO1. The molecule has 1 heterocycles. The van der Waals surface area contributed by atoms with Gasteiger partial charge in [-0.2, -0.15) is 0 Å². The van der Waals surface area contributed by atoms with Crippen LogP contribution in [0, 0.1) is 5.92 Å². The Balaban J connectivity index is 1.63. The van der Waals surface area contributed by atoms with Crippen molar-refractivity contribution < 1.29 is 9.47 Å². The number of hydrogen-bond acceptors (Lipinski definition) is 2. The zero-order valence-electron chi connectivity index (χ0n) is 12.5. The summed E-state index contributed by atoms with van der Waals surface area (Å²) < 4.78 is 10.6. The Morgan fingerprint density at radius 3 is 2.06 bits per heavy atom. The summed E-state index contributed by atoms with van der Waals surface area (Å²) >= 11 is 0. The Hall–Kier alpha value is -0.0800. The van der Waals surface area contributed by atoms with Crippen LogP contribution in [0.3, 0.4) is 0 Å². The van der Waals surface area contributed by atoms with E-state index in [2.05, 4.69) is 13.8 Å². The lowest BCUT2D eigenvalue weighted by molar-refractivity contribution is 0.113. The molecule has 0 amide bonds. The van der Waals surface area contributed by atoms with Crippen LogP contribution >= 0.6 is 0 Å². The van der Waals surface area contributed by atoms with Crippen molar-refractivity contribution in [3.63, 3.8) is 0 Å². The van der Waals surface area contributed by atoms with E-state index in [4.69, 9.17) is 9.47 Å². The molecule has 0 aromatic rings. The molecule has 0 radical (unpaired) electrons. The maximum atomic E-state index is 5.51. The van der Waals surface area contributed by atoms with Gasteiger partial charge in [0.05, 0.1) is 13.2 Å². The summed E-state index contributed by atoms with van der Waals surface area (Å²) in [6, 6.07) is 0. The smallest absolute Gasteiger partial charge is 0.104 e. The molecule has 1 aliphatic heterocycles. The summed E-state index contributed by atoms with van der Waals surface area (Å²) in [5.41, 5.74) is 0. The number of epoxide rings is 1. The van der Waals surface area contributed by atoms with Crippen LogP contribution in [0.1, 0.15) is 71.6 Å². The molecule has 1 aliphatic rings. The van der Waals surface area contributed by atoms with Crippen LogP contribution in [-0.4, -0.2) is 25.9 Å². The highest BCUT2D eigenvalue weighted by Gasteiger charge is 2.21. The first-order valence-corrected chi connectivity index (χ1v) is 7.98. The maximum Gasteiger partial charge on any atom is 0.104 e. The fourth-order valence-electron chi connectivity index (χ4n) is 2.20. The van der Waals surface area contributed by atoms with Crippen LogP contribution in [0.5, 0.6) is 0 Å². The molecule has 0 aromatic carbocycles. The molecule has 1 unspecified atom stereocenters. The Bertz CT molecular complexity index is 164. The average Bonchev–Trinajstić information content (AvgIpc) is 3.14. The van der Waals surface area contributed by atoms with Gasteiger partial charge in [0, 0.05) is 6.61 Å². The first-order valence-electron chi connectivity index (χ1n) is 7.98. The summed E-state index contributed by atoms with van der Waals surface area (Å²) in [5, 5.41) is 0. The van der Waals surface area contributed by atoms with E-state index in [1.165, 1.54) is 57.8 Å². The second kappa shape index (κ2) is 10.8. The van der Waals surface area contributed by atoms with Gasteiger partial charge < -0.3 is 9.47 Å². The molecule has 2 nitrogen and oxygen atoms in total. The van der Waals surface area contributed by atoms with Crippen LogP contribution in [0.2, 0.25) is 0 Å². The van der Waals surface area contributed by atoms with E-state index in [9.17, 15) is 0 Å². The van der Waals surface area contributed by atoms with E-state index in [1.54, 1.807) is 0 Å². The highest BCUT2D eigenvalue weighted by Crippen LogP contribution is 2.13. The highest BCUT2D eigenvalue weighted by molar-refractivity contribution is 4.66. The molecular formula is C16H32O2. The molecule has 1 rings (SSSR count). The molecule has 0 saturated carbocycles. The molecule has 1 atom stereocenters. The molecule has 0 aromatic heterocycles. The van der Waals surface area contributed by atoms with Gasteiger partial charge in [0.2, 0.25) is 0 Å². The topological polar surface area (TPSA) is 21.8 Å². The van der Waals surface area contributed by atoms with Crippen LogP contribution in [-0.2, 0) is 9.47 Å². The van der Waals surface area contributed by atoms with Gasteiger partial charge in [-0.3, -0.25) is 0 Å². The summed E-state index contributed by atoms with van der Waals surface area (Å²) in [4.78, 5) is 0. The lowest BCUT2D eigenvalue weighted by Crippen LogP contribution is -2.02. The van der Waals surface area contributed by atoms with Crippen molar-refractivity contribution in [3.8, 4) is 0 Å². The van der Waals surface area contributed by atoms with Gasteiger partial charge >= 0.3 is 0 Å². The third-order valence-electron chi connectivity index (χ3n) is 3.53. The van der Waals surface area contributed by atoms with Crippen LogP contribution in [0.25, 0.3) is 0 Å². The van der Waals surface area contributed by atoms with Crippen molar-refractivity contribution in [1.29, 1.82) is 0 Å². The summed E-state index contributed by atoms with van der Waals surface area (Å²) in [5.74, 6) is 0.881. The standard InChI is InChI=1S/C16H32O2/c1-15(2)11-9-7-5-3-4-6-8-10-12-17-13-16-14-18-16/h15-16H,3-14H2,1-2H3. The lowest BCUT2D eigenvalue weighted by Gasteiger charge is -2.05. The molecule has 2 heteroatoms. The molecule has 1 fully saturated rings. The highest BCUT2D eigenvalue weighted by atomic mass is 16.6. The molecule has 1 saturated heterocycles. The molecule has 18 heavy (non-hydrogen) atoms. The third kappa shape index (κ3) is 11.0. The first-order chi connectivity index (χ1) is 8.79. The first kappa shape index (κ1) is 16.0. The van der Waals surface area contributed by atoms with E-state index in [-0.39, 0.29) is 0 Å². The van der Waals surface area contributed by atoms with E-state index in [0.29, 0.717) is 6.10 Å². The van der Waals surface area contributed by atoms with Crippen molar-refractivity contribution in [3.05, 3.63) is 0 Å². The quantitative estimate of drug-likeness (QED) is 0.356. The molecule has 0 spiro atoms. The van der Waals surface area contributed by atoms with Gasteiger partial charge in [-0.05, 0) is 12.3 Å². The Morgan fingerprint density at radius 1 is 0.944 bits per heavy atom. The average molecular weight is 256 g/mol. The van der Waals surface area contributed by atoms with E-state index < -0.39 is 0 Å². The zero-order valence-corrected chi connectivity index (χ0v) is 12.5. The van der Waals surface area contributed by atoms with Crippen LogP contribution < -0.4 is 0 Å². The predicted molar refractivity (Wildman–Crippen MR) is 77.0 cm³/mol. The monoisotopic (exact) mass is 256 g/mol. The Kier molecular flexibility index (Phi) is 9.59. The number of rotatable bonds is 13. The van der Waals surface area contributed by atoms with Gasteiger partial charge in [-0.15, -0.1) is 0 Å².